The van der Waals surface area contributed by atoms with Gasteiger partial charge in [0.15, 0.2) is 5.60 Å². The number of thiophene rings is 1. The highest BCUT2D eigenvalue weighted by Crippen LogP contribution is 2.36. The molecule has 0 bridgehead atoms. The van der Waals surface area contributed by atoms with E-state index in [2.05, 4.69) is 27.8 Å². The number of rotatable bonds is 15. The summed E-state index contributed by atoms with van der Waals surface area (Å²) in [4.78, 5) is 7.11. The van der Waals surface area contributed by atoms with Crippen LogP contribution >= 0.6 is 11.3 Å². The Bertz CT molecular complexity index is 1500. The first-order valence-electron chi connectivity index (χ1n) is 14.3. The summed E-state index contributed by atoms with van der Waals surface area (Å²) in [6.45, 7) is 3.09. The Hall–Kier alpha value is -3.79. The Kier molecular flexibility index (Phi) is 10.2. The molecule has 5 aromatic rings. The molecule has 7 nitrogen and oxygen atoms in total. The molecule has 218 valence electrons. The van der Waals surface area contributed by atoms with Gasteiger partial charge < -0.3 is 30.4 Å². The zero-order valence-corrected chi connectivity index (χ0v) is 24.3. The smallest absolute Gasteiger partial charge is 0.235 e. The quantitative estimate of drug-likeness (QED) is 0.111. The minimum absolute atomic E-state index is 0.139. The fourth-order valence-corrected chi connectivity index (χ4v) is 5.92. The lowest BCUT2D eigenvalue weighted by Gasteiger charge is -2.26. The Balaban J connectivity index is 1.06. The third-order valence-electron chi connectivity index (χ3n) is 7.26. The highest BCUT2D eigenvalue weighted by molar-refractivity contribution is 7.11. The molecule has 42 heavy (non-hydrogen) atoms. The standard InChI is InChI=1S/C34H37N3O4S/c38-24-26-21-25(11-14-32(26)39)15-18-35-20-17-30-12-13-31(42-30)23-36-19-16-29-22-37-33(41-29)34(40,27-7-3-1-4-8-27)28-9-5-2-6-10-28/h1-14,21-22,35-36,38-40H,15-20,23-24H2. The lowest BCUT2D eigenvalue weighted by Crippen LogP contribution is -2.29. The zero-order chi connectivity index (χ0) is 29.2. The molecule has 0 amide bonds. The molecule has 0 atom stereocenters. The van der Waals surface area contributed by atoms with E-state index in [9.17, 15) is 15.3 Å². The molecular formula is C34H37N3O4S. The molecule has 3 aromatic carbocycles. The Morgan fingerprint density at radius 1 is 0.762 bits per heavy atom. The van der Waals surface area contributed by atoms with Crippen LogP contribution in [0, 0.1) is 0 Å². The number of aromatic nitrogens is 1. The molecule has 0 spiro atoms. The molecule has 0 saturated carbocycles. The van der Waals surface area contributed by atoms with Gasteiger partial charge in [0.05, 0.1) is 12.8 Å². The predicted molar refractivity (Wildman–Crippen MR) is 166 cm³/mol. The minimum atomic E-state index is -1.47. The second-order valence-electron chi connectivity index (χ2n) is 10.2. The molecule has 0 fully saturated rings. The maximum Gasteiger partial charge on any atom is 0.235 e. The first-order chi connectivity index (χ1) is 20.6. The van der Waals surface area contributed by atoms with E-state index in [4.69, 9.17) is 4.42 Å². The summed E-state index contributed by atoms with van der Waals surface area (Å²) in [5.74, 6) is 1.13. The van der Waals surface area contributed by atoms with Gasteiger partial charge in [-0.25, -0.2) is 4.98 Å². The van der Waals surface area contributed by atoms with Crippen LogP contribution in [0.1, 0.15) is 43.7 Å². The molecule has 0 unspecified atom stereocenters. The Labute approximate surface area is 250 Å². The summed E-state index contributed by atoms with van der Waals surface area (Å²) >= 11 is 1.82. The monoisotopic (exact) mass is 583 g/mol. The average molecular weight is 584 g/mol. The van der Waals surface area contributed by atoms with Crippen molar-refractivity contribution in [1.82, 2.24) is 15.6 Å². The van der Waals surface area contributed by atoms with Crippen molar-refractivity contribution in [2.75, 3.05) is 19.6 Å². The van der Waals surface area contributed by atoms with E-state index in [1.54, 1.807) is 12.3 Å². The van der Waals surface area contributed by atoms with Crippen molar-refractivity contribution in [3.8, 4) is 5.75 Å². The summed E-state index contributed by atoms with van der Waals surface area (Å²) < 4.78 is 6.10. The molecule has 2 aromatic heterocycles. The van der Waals surface area contributed by atoms with Crippen LogP contribution in [0.3, 0.4) is 0 Å². The van der Waals surface area contributed by atoms with Crippen LogP contribution < -0.4 is 10.6 Å². The third kappa shape index (κ3) is 7.34. The first kappa shape index (κ1) is 29.7. The van der Waals surface area contributed by atoms with Gasteiger partial charge >= 0.3 is 0 Å². The van der Waals surface area contributed by atoms with Gasteiger partial charge in [0.1, 0.15) is 11.5 Å². The van der Waals surface area contributed by atoms with E-state index in [0.29, 0.717) is 23.1 Å². The van der Waals surface area contributed by atoms with Crippen LogP contribution in [0.5, 0.6) is 5.75 Å². The predicted octanol–water partition coefficient (Wildman–Crippen LogP) is 4.93. The van der Waals surface area contributed by atoms with E-state index in [1.807, 2.05) is 84.1 Å². The number of aromatic hydroxyl groups is 1. The molecular weight excluding hydrogens is 546 g/mol. The number of phenols is 1. The number of benzene rings is 3. The highest BCUT2D eigenvalue weighted by Gasteiger charge is 2.38. The van der Waals surface area contributed by atoms with Crippen molar-refractivity contribution in [3.05, 3.63) is 141 Å². The summed E-state index contributed by atoms with van der Waals surface area (Å²) in [6, 6.07) is 28.7. The number of nitrogens with zero attached hydrogens (tertiary/aromatic N) is 1. The van der Waals surface area contributed by atoms with Gasteiger partial charge in [-0.05, 0) is 66.9 Å². The van der Waals surface area contributed by atoms with Crippen LogP contribution in [0.25, 0.3) is 0 Å². The van der Waals surface area contributed by atoms with Crippen LogP contribution in [0.2, 0.25) is 0 Å². The first-order valence-corrected chi connectivity index (χ1v) is 15.1. The fraction of sp³-hybridized carbons (Fsp3) is 0.265. The zero-order valence-electron chi connectivity index (χ0n) is 23.5. The topological polar surface area (TPSA) is 111 Å². The Morgan fingerprint density at radius 3 is 2.14 bits per heavy atom. The van der Waals surface area contributed by atoms with Crippen LogP contribution in [-0.4, -0.2) is 39.9 Å². The largest absolute Gasteiger partial charge is 0.508 e. The summed E-state index contributed by atoms with van der Waals surface area (Å²) in [6.07, 6.45) is 4.18. The maximum absolute atomic E-state index is 11.8. The van der Waals surface area contributed by atoms with Crippen molar-refractivity contribution in [2.24, 2.45) is 0 Å². The highest BCUT2D eigenvalue weighted by atomic mass is 32.1. The lowest BCUT2D eigenvalue weighted by atomic mass is 9.86. The van der Waals surface area contributed by atoms with Crippen LogP contribution in [-0.2, 0) is 38.0 Å². The molecule has 0 aliphatic carbocycles. The van der Waals surface area contributed by atoms with E-state index >= 15 is 0 Å². The average Bonchev–Trinajstić information content (AvgIpc) is 3.70. The fourth-order valence-electron chi connectivity index (χ4n) is 4.93. The van der Waals surface area contributed by atoms with Crippen LogP contribution in [0.15, 0.2) is 102 Å². The number of hydrogen-bond donors (Lipinski definition) is 5. The van der Waals surface area contributed by atoms with Gasteiger partial charge in [-0.1, -0.05) is 66.7 Å². The lowest BCUT2D eigenvalue weighted by molar-refractivity contribution is 0.0913. The number of oxazole rings is 1. The minimum Gasteiger partial charge on any atom is -0.508 e. The van der Waals surface area contributed by atoms with Gasteiger partial charge in [-0.15, -0.1) is 11.3 Å². The molecule has 0 radical (unpaired) electrons. The summed E-state index contributed by atoms with van der Waals surface area (Å²) in [7, 11) is 0. The van der Waals surface area contributed by atoms with Gasteiger partial charge in [-0.3, -0.25) is 0 Å². The summed E-state index contributed by atoms with van der Waals surface area (Å²) in [5, 5.41) is 37.8. The van der Waals surface area contributed by atoms with Crippen molar-refractivity contribution in [3.63, 3.8) is 0 Å². The van der Waals surface area contributed by atoms with Crippen molar-refractivity contribution < 1.29 is 19.7 Å². The third-order valence-corrected chi connectivity index (χ3v) is 8.41. The van der Waals surface area contributed by atoms with Crippen molar-refractivity contribution in [2.45, 2.75) is 38.0 Å². The molecule has 8 heteroatoms. The number of aliphatic hydroxyl groups is 2. The summed E-state index contributed by atoms with van der Waals surface area (Å²) in [5.41, 5.74) is 1.61. The van der Waals surface area contributed by atoms with E-state index < -0.39 is 5.60 Å². The normalized spacial score (nSPS) is 11.7. The maximum atomic E-state index is 11.8. The molecule has 2 heterocycles. The van der Waals surface area contributed by atoms with Crippen molar-refractivity contribution >= 4 is 11.3 Å². The second kappa shape index (κ2) is 14.4. The molecule has 5 rings (SSSR count). The van der Waals surface area contributed by atoms with Gasteiger partial charge in [0, 0.05) is 34.8 Å². The van der Waals surface area contributed by atoms with E-state index in [0.717, 1.165) is 50.3 Å². The van der Waals surface area contributed by atoms with E-state index in [-0.39, 0.29) is 18.2 Å². The van der Waals surface area contributed by atoms with Gasteiger partial charge in [0.2, 0.25) is 5.89 Å². The second-order valence-corrected chi connectivity index (χ2v) is 11.5. The van der Waals surface area contributed by atoms with Gasteiger partial charge in [-0.2, -0.15) is 0 Å². The number of nitrogens with one attached hydrogen (secondary N) is 2. The molecule has 0 saturated heterocycles. The van der Waals surface area contributed by atoms with Crippen molar-refractivity contribution in [1.29, 1.82) is 0 Å². The van der Waals surface area contributed by atoms with E-state index in [1.165, 1.54) is 9.75 Å². The Morgan fingerprint density at radius 2 is 1.43 bits per heavy atom. The number of hydrogen-bond acceptors (Lipinski definition) is 8. The molecule has 0 aliphatic heterocycles. The van der Waals surface area contributed by atoms with Crippen LogP contribution in [0.4, 0.5) is 0 Å². The molecule has 5 N–H and O–H groups in total. The van der Waals surface area contributed by atoms with Gasteiger partial charge in [0.25, 0.3) is 0 Å². The molecule has 0 aliphatic rings. The number of aliphatic hydroxyl groups excluding tert-OH is 1. The SMILES string of the molecule is OCc1cc(CCNCCc2ccc(CNCCc3cnc(C(O)(c4ccccc4)c4ccccc4)o3)s2)ccc1O.